The summed E-state index contributed by atoms with van der Waals surface area (Å²) in [5, 5.41) is 7.10. The zero-order valence-electron chi connectivity index (χ0n) is 17.4. The predicted octanol–water partition coefficient (Wildman–Crippen LogP) is 2.85. The van der Waals surface area contributed by atoms with Crippen LogP contribution in [0.5, 0.6) is 11.5 Å². The molecule has 8 nitrogen and oxygen atoms in total. The molecule has 0 saturated heterocycles. The third-order valence-electron chi connectivity index (χ3n) is 4.61. The van der Waals surface area contributed by atoms with Crippen LogP contribution in [0.25, 0.3) is 0 Å². The third kappa shape index (κ3) is 5.57. The molecule has 1 atom stereocenters. The molecule has 1 heterocycles. The average molecular weight is 410 g/mol. The van der Waals surface area contributed by atoms with Gasteiger partial charge >= 0.3 is 0 Å². The molecule has 0 aliphatic heterocycles. The first kappa shape index (κ1) is 21.3. The van der Waals surface area contributed by atoms with E-state index in [-0.39, 0.29) is 11.9 Å². The Morgan fingerprint density at radius 2 is 1.90 bits per heavy atom. The third-order valence-corrected chi connectivity index (χ3v) is 4.61. The number of methoxy groups -OCH3 is 2. The number of ether oxygens (including phenoxy) is 3. The van der Waals surface area contributed by atoms with E-state index >= 15 is 0 Å². The van der Waals surface area contributed by atoms with Crippen LogP contribution in [-0.4, -0.2) is 48.1 Å². The van der Waals surface area contributed by atoms with Gasteiger partial charge in [-0.15, -0.1) is 0 Å². The zero-order valence-corrected chi connectivity index (χ0v) is 17.4. The first-order valence-corrected chi connectivity index (χ1v) is 9.62. The Kier molecular flexibility index (Phi) is 7.40. The molecule has 2 aromatic carbocycles. The Hall–Kier alpha value is -3.39. The van der Waals surface area contributed by atoms with Gasteiger partial charge in [0.1, 0.15) is 19.3 Å². The van der Waals surface area contributed by atoms with Crippen molar-refractivity contribution in [2.24, 2.45) is 0 Å². The fourth-order valence-electron chi connectivity index (χ4n) is 2.93. The van der Waals surface area contributed by atoms with E-state index in [0.29, 0.717) is 36.8 Å². The number of carbonyl (C=O) groups excluding carboxylic acids is 1. The van der Waals surface area contributed by atoms with Crippen LogP contribution in [0.2, 0.25) is 0 Å². The van der Waals surface area contributed by atoms with Crippen molar-refractivity contribution < 1.29 is 19.0 Å². The van der Waals surface area contributed by atoms with Crippen molar-refractivity contribution in [3.8, 4) is 11.5 Å². The quantitative estimate of drug-likeness (QED) is 0.517. The maximum atomic E-state index is 12.6. The summed E-state index contributed by atoms with van der Waals surface area (Å²) in [6.45, 7) is 3.47. The molecule has 30 heavy (non-hydrogen) atoms. The van der Waals surface area contributed by atoms with E-state index in [4.69, 9.17) is 14.2 Å². The highest BCUT2D eigenvalue weighted by molar-refractivity contribution is 5.94. The van der Waals surface area contributed by atoms with Crippen LogP contribution >= 0.6 is 0 Å². The summed E-state index contributed by atoms with van der Waals surface area (Å²) in [4.78, 5) is 16.6. The standard InChI is InChI=1S/C22H26N4O4/c1-16(19-8-9-20(21(12-19)29-3)30-11-10-28-2)25-22(27)18-6-4-17(5-7-18)13-26-15-23-14-24-26/h4-9,12,14-16H,10-11,13H2,1-3H3,(H,25,27). The highest BCUT2D eigenvalue weighted by atomic mass is 16.5. The number of hydrogen-bond acceptors (Lipinski definition) is 6. The van der Waals surface area contributed by atoms with Crippen molar-refractivity contribution in [2.75, 3.05) is 27.4 Å². The van der Waals surface area contributed by atoms with Crippen molar-refractivity contribution in [2.45, 2.75) is 19.5 Å². The van der Waals surface area contributed by atoms with Crippen LogP contribution in [0.15, 0.2) is 55.1 Å². The van der Waals surface area contributed by atoms with Crippen molar-refractivity contribution in [3.63, 3.8) is 0 Å². The van der Waals surface area contributed by atoms with Crippen LogP contribution in [-0.2, 0) is 11.3 Å². The second-order valence-corrected chi connectivity index (χ2v) is 6.74. The molecular weight excluding hydrogens is 384 g/mol. The smallest absolute Gasteiger partial charge is 0.251 e. The molecule has 0 aliphatic rings. The number of hydrogen-bond donors (Lipinski definition) is 1. The van der Waals surface area contributed by atoms with Crippen molar-refractivity contribution in [3.05, 3.63) is 71.8 Å². The second kappa shape index (κ2) is 10.4. The molecule has 0 saturated carbocycles. The maximum absolute atomic E-state index is 12.6. The zero-order chi connectivity index (χ0) is 21.3. The van der Waals surface area contributed by atoms with Crippen LogP contribution in [0, 0.1) is 0 Å². The van der Waals surface area contributed by atoms with E-state index < -0.39 is 0 Å². The van der Waals surface area contributed by atoms with E-state index in [0.717, 1.165) is 11.1 Å². The number of nitrogens with zero attached hydrogens (tertiary/aromatic N) is 3. The number of rotatable bonds is 10. The molecule has 1 amide bonds. The lowest BCUT2D eigenvalue weighted by atomic mass is 10.1. The molecule has 3 aromatic rings. The number of aromatic nitrogens is 3. The maximum Gasteiger partial charge on any atom is 0.251 e. The van der Waals surface area contributed by atoms with Gasteiger partial charge in [-0.3, -0.25) is 4.79 Å². The van der Waals surface area contributed by atoms with E-state index in [2.05, 4.69) is 15.4 Å². The van der Waals surface area contributed by atoms with Gasteiger partial charge in [0.15, 0.2) is 11.5 Å². The molecule has 0 radical (unpaired) electrons. The summed E-state index contributed by atoms with van der Waals surface area (Å²) in [5.41, 5.74) is 2.55. The highest BCUT2D eigenvalue weighted by Crippen LogP contribution is 2.30. The molecule has 1 unspecified atom stereocenters. The Balaban J connectivity index is 1.61. The van der Waals surface area contributed by atoms with Crippen molar-refractivity contribution in [1.29, 1.82) is 0 Å². The summed E-state index contributed by atoms with van der Waals surface area (Å²) < 4.78 is 17.8. The van der Waals surface area contributed by atoms with E-state index in [1.165, 1.54) is 6.33 Å². The van der Waals surface area contributed by atoms with Crippen molar-refractivity contribution in [1.82, 2.24) is 20.1 Å². The summed E-state index contributed by atoms with van der Waals surface area (Å²) in [6.07, 6.45) is 3.15. The predicted molar refractivity (Wildman–Crippen MR) is 112 cm³/mol. The van der Waals surface area contributed by atoms with Crippen LogP contribution in [0.4, 0.5) is 0 Å². The molecule has 1 aromatic heterocycles. The van der Waals surface area contributed by atoms with Gasteiger partial charge < -0.3 is 19.5 Å². The van der Waals surface area contributed by atoms with E-state index in [1.54, 1.807) is 25.2 Å². The normalized spacial score (nSPS) is 11.7. The lowest BCUT2D eigenvalue weighted by Gasteiger charge is -2.17. The molecule has 158 valence electrons. The Labute approximate surface area is 175 Å². The molecule has 0 fully saturated rings. The fraction of sp³-hybridized carbons (Fsp3) is 0.318. The Bertz CT molecular complexity index is 942. The molecule has 1 N–H and O–H groups in total. The van der Waals surface area contributed by atoms with Gasteiger partial charge in [-0.2, -0.15) is 5.10 Å². The van der Waals surface area contributed by atoms with Gasteiger partial charge in [0.05, 0.1) is 26.3 Å². The van der Waals surface area contributed by atoms with Crippen LogP contribution in [0.1, 0.15) is 34.5 Å². The summed E-state index contributed by atoms with van der Waals surface area (Å²) in [5.74, 6) is 1.11. The number of benzene rings is 2. The Morgan fingerprint density at radius 3 is 2.57 bits per heavy atom. The minimum absolute atomic E-state index is 0.144. The van der Waals surface area contributed by atoms with Gasteiger partial charge in [-0.05, 0) is 42.3 Å². The average Bonchev–Trinajstić information content (AvgIpc) is 3.27. The van der Waals surface area contributed by atoms with Crippen LogP contribution in [0.3, 0.4) is 0 Å². The Morgan fingerprint density at radius 1 is 1.10 bits per heavy atom. The molecule has 0 bridgehead atoms. The highest BCUT2D eigenvalue weighted by Gasteiger charge is 2.14. The van der Waals surface area contributed by atoms with Gasteiger partial charge in [-0.25, -0.2) is 9.67 Å². The lowest BCUT2D eigenvalue weighted by molar-refractivity contribution is 0.0940. The monoisotopic (exact) mass is 410 g/mol. The van der Waals surface area contributed by atoms with Gasteiger partial charge in [-0.1, -0.05) is 18.2 Å². The first-order chi connectivity index (χ1) is 14.6. The van der Waals surface area contributed by atoms with Crippen molar-refractivity contribution >= 4 is 5.91 Å². The number of amides is 1. The SMILES string of the molecule is COCCOc1ccc(C(C)NC(=O)c2ccc(Cn3cncn3)cc2)cc1OC. The van der Waals surface area contributed by atoms with Gasteiger partial charge in [0, 0.05) is 12.7 Å². The summed E-state index contributed by atoms with van der Waals surface area (Å²) in [7, 11) is 3.21. The molecule has 0 aliphatic carbocycles. The summed E-state index contributed by atoms with van der Waals surface area (Å²) in [6, 6.07) is 12.9. The van der Waals surface area contributed by atoms with Gasteiger partial charge in [0.2, 0.25) is 0 Å². The molecular formula is C22H26N4O4. The molecule has 3 rings (SSSR count). The number of nitrogens with one attached hydrogen (secondary N) is 1. The first-order valence-electron chi connectivity index (χ1n) is 9.62. The minimum atomic E-state index is -0.200. The molecule has 0 spiro atoms. The van der Waals surface area contributed by atoms with E-state index in [1.807, 2.05) is 49.4 Å². The second-order valence-electron chi connectivity index (χ2n) is 6.74. The summed E-state index contributed by atoms with van der Waals surface area (Å²) >= 11 is 0. The number of carbonyl (C=O) groups is 1. The fourth-order valence-corrected chi connectivity index (χ4v) is 2.93. The topological polar surface area (TPSA) is 87.5 Å². The van der Waals surface area contributed by atoms with Crippen LogP contribution < -0.4 is 14.8 Å². The minimum Gasteiger partial charge on any atom is -0.493 e. The van der Waals surface area contributed by atoms with E-state index in [9.17, 15) is 4.79 Å². The molecule has 8 heteroatoms. The van der Waals surface area contributed by atoms with Gasteiger partial charge in [0.25, 0.3) is 5.91 Å². The lowest BCUT2D eigenvalue weighted by Crippen LogP contribution is -2.26. The largest absolute Gasteiger partial charge is 0.493 e.